The summed E-state index contributed by atoms with van der Waals surface area (Å²) in [5.74, 6) is -2.51. The number of esters is 1. The molecule has 2 aromatic rings. The van der Waals surface area contributed by atoms with Gasteiger partial charge in [0.1, 0.15) is 10.9 Å². The molecule has 0 saturated carbocycles. The summed E-state index contributed by atoms with van der Waals surface area (Å²) in [6.45, 7) is 3.44. The van der Waals surface area contributed by atoms with E-state index in [1.165, 1.54) is 35.6 Å². The monoisotopic (exact) mass is 523 g/mol. The summed E-state index contributed by atoms with van der Waals surface area (Å²) >= 11 is 1.30. The van der Waals surface area contributed by atoms with Crippen molar-refractivity contribution in [1.29, 1.82) is 5.26 Å². The molecule has 1 amide bonds. The van der Waals surface area contributed by atoms with Gasteiger partial charge in [-0.15, -0.1) is 11.3 Å². The predicted octanol–water partition coefficient (Wildman–Crippen LogP) is 4.72. The molecule has 0 aliphatic carbocycles. The largest absolute Gasteiger partial charge is 0.466 e. The number of benzene rings is 1. The highest BCUT2D eigenvalue weighted by atomic mass is 32.1. The number of thiazole rings is 1. The summed E-state index contributed by atoms with van der Waals surface area (Å²) in [5.41, 5.74) is -3.70. The molecule has 0 N–H and O–H groups in total. The molecule has 11 heteroatoms. The summed E-state index contributed by atoms with van der Waals surface area (Å²) in [4.78, 5) is 31.5. The second-order valence-corrected chi connectivity index (χ2v) is 9.66. The van der Waals surface area contributed by atoms with Crippen molar-refractivity contribution in [2.24, 2.45) is 5.41 Å². The number of hydrogen-bond donors (Lipinski definition) is 0. The Labute approximate surface area is 211 Å². The molecule has 36 heavy (non-hydrogen) atoms. The van der Waals surface area contributed by atoms with E-state index < -0.39 is 35.0 Å². The third kappa shape index (κ3) is 5.11. The Morgan fingerprint density at radius 1 is 1.25 bits per heavy atom. The van der Waals surface area contributed by atoms with Crippen molar-refractivity contribution in [3.63, 3.8) is 0 Å². The van der Waals surface area contributed by atoms with Crippen LogP contribution < -0.4 is 0 Å². The van der Waals surface area contributed by atoms with Crippen LogP contribution >= 0.6 is 11.3 Å². The maximum Gasteiger partial charge on any atom is 0.430 e. The lowest BCUT2D eigenvalue weighted by Gasteiger charge is -2.45. The van der Waals surface area contributed by atoms with Gasteiger partial charge in [-0.3, -0.25) is 9.59 Å². The minimum atomic E-state index is -5.02. The second-order valence-electron chi connectivity index (χ2n) is 8.77. The van der Waals surface area contributed by atoms with Crippen LogP contribution in [0.25, 0.3) is 0 Å². The molecule has 0 radical (unpaired) electrons. The summed E-state index contributed by atoms with van der Waals surface area (Å²) in [6, 6.07) is 9.05. The number of aromatic nitrogens is 1. The zero-order valence-corrected chi connectivity index (χ0v) is 21.1. The van der Waals surface area contributed by atoms with Gasteiger partial charge >= 0.3 is 12.1 Å². The molecule has 2 heterocycles. The standard InChI is InChI=1S/C25H28F3N3O4S/c1-4-35-20(32)14-23(19(15-29)21-30-17(2)16-36-21)10-12-31(13-11-23)22(33)24(34-3,25(26,27)28)18-8-6-5-7-9-18/h5-9,16,19H,4,10-14H2,1-3H3/t19?,24-/m1/s1. The van der Waals surface area contributed by atoms with Crippen molar-refractivity contribution >= 4 is 23.2 Å². The van der Waals surface area contributed by atoms with Gasteiger partial charge in [0, 0.05) is 42.3 Å². The van der Waals surface area contributed by atoms with Crippen molar-refractivity contribution in [2.75, 3.05) is 26.8 Å². The molecular formula is C25H28F3N3O4S. The number of aryl methyl sites for hydroxylation is 1. The first kappa shape index (κ1) is 27.6. The molecule has 2 atom stereocenters. The average molecular weight is 524 g/mol. The van der Waals surface area contributed by atoms with Crippen LogP contribution in [0, 0.1) is 23.7 Å². The molecule has 194 valence electrons. The highest BCUT2D eigenvalue weighted by Crippen LogP contribution is 2.50. The van der Waals surface area contributed by atoms with E-state index in [2.05, 4.69) is 11.1 Å². The smallest absolute Gasteiger partial charge is 0.430 e. The number of hydrogen-bond acceptors (Lipinski definition) is 7. The summed E-state index contributed by atoms with van der Waals surface area (Å²) in [5, 5.41) is 12.4. The molecule has 1 fully saturated rings. The zero-order chi connectivity index (χ0) is 26.6. The van der Waals surface area contributed by atoms with Crippen LogP contribution in [0.3, 0.4) is 0 Å². The normalized spacial score (nSPS) is 18.1. The second kappa shape index (κ2) is 11.0. The van der Waals surface area contributed by atoms with E-state index in [0.717, 1.165) is 17.7 Å². The molecule has 1 aliphatic heterocycles. The number of rotatable bonds is 8. The molecule has 3 rings (SSSR count). The van der Waals surface area contributed by atoms with Gasteiger partial charge < -0.3 is 14.4 Å². The number of carbonyl (C=O) groups excluding carboxylic acids is 2. The maximum absolute atomic E-state index is 14.4. The number of likely N-dealkylation sites (tertiary alicyclic amines) is 1. The Hall–Kier alpha value is -2.97. The highest BCUT2D eigenvalue weighted by molar-refractivity contribution is 7.09. The molecule has 1 aliphatic rings. The van der Waals surface area contributed by atoms with Gasteiger partial charge in [0.05, 0.1) is 19.1 Å². The Morgan fingerprint density at radius 2 is 1.89 bits per heavy atom. The fraction of sp³-hybridized carbons (Fsp3) is 0.520. The number of halogens is 3. The van der Waals surface area contributed by atoms with E-state index in [9.17, 15) is 28.0 Å². The molecular weight excluding hydrogens is 495 g/mol. The quantitative estimate of drug-likeness (QED) is 0.465. The van der Waals surface area contributed by atoms with Crippen LogP contribution in [-0.4, -0.2) is 54.7 Å². The number of carbonyl (C=O) groups is 2. The average Bonchev–Trinajstić information content (AvgIpc) is 3.26. The maximum atomic E-state index is 14.4. The summed E-state index contributed by atoms with van der Waals surface area (Å²) < 4.78 is 53.3. The van der Waals surface area contributed by atoms with Crippen LogP contribution in [-0.2, 0) is 24.7 Å². The lowest BCUT2D eigenvalue weighted by atomic mass is 9.67. The Kier molecular flexibility index (Phi) is 8.41. The first-order valence-electron chi connectivity index (χ1n) is 11.5. The molecule has 0 spiro atoms. The topological polar surface area (TPSA) is 92.5 Å². The number of alkyl halides is 3. The minimum Gasteiger partial charge on any atom is -0.466 e. The zero-order valence-electron chi connectivity index (χ0n) is 20.3. The number of amides is 1. The van der Waals surface area contributed by atoms with Gasteiger partial charge in [0.2, 0.25) is 0 Å². The fourth-order valence-corrected chi connectivity index (χ4v) is 5.79. The lowest BCUT2D eigenvalue weighted by molar-refractivity contribution is -0.271. The number of ether oxygens (including phenoxy) is 2. The molecule has 1 unspecified atom stereocenters. The van der Waals surface area contributed by atoms with Crippen LogP contribution in [0.2, 0.25) is 0 Å². The number of nitrogens with zero attached hydrogens (tertiary/aromatic N) is 3. The molecule has 1 aromatic heterocycles. The Bertz CT molecular complexity index is 1110. The molecule has 7 nitrogen and oxygen atoms in total. The first-order valence-corrected chi connectivity index (χ1v) is 12.4. The third-order valence-electron chi connectivity index (χ3n) is 6.66. The van der Waals surface area contributed by atoms with E-state index in [-0.39, 0.29) is 44.5 Å². The van der Waals surface area contributed by atoms with Crippen molar-refractivity contribution in [2.45, 2.75) is 50.8 Å². The van der Waals surface area contributed by atoms with Crippen molar-refractivity contribution in [3.05, 3.63) is 52.0 Å². The van der Waals surface area contributed by atoms with Gasteiger partial charge in [0.25, 0.3) is 11.5 Å². The summed E-state index contributed by atoms with van der Waals surface area (Å²) in [6.07, 6.45) is -4.87. The predicted molar refractivity (Wildman–Crippen MR) is 126 cm³/mol. The minimum absolute atomic E-state index is 0.0885. The SMILES string of the molecule is CCOC(=O)CC1(C(C#N)c2nc(C)cs2)CCN(C(=O)[C@](OC)(c2ccccc2)C(F)(F)F)CC1. The van der Waals surface area contributed by atoms with Crippen molar-refractivity contribution < 1.29 is 32.2 Å². The van der Waals surface area contributed by atoms with Crippen molar-refractivity contribution in [3.8, 4) is 6.07 Å². The van der Waals surface area contributed by atoms with Crippen molar-refractivity contribution in [1.82, 2.24) is 9.88 Å². The van der Waals surface area contributed by atoms with Gasteiger partial charge in [-0.05, 0) is 26.7 Å². The van der Waals surface area contributed by atoms with E-state index in [1.54, 1.807) is 25.3 Å². The molecule has 0 bridgehead atoms. The van der Waals surface area contributed by atoms with Crippen LogP contribution in [0.5, 0.6) is 0 Å². The molecule has 1 aromatic carbocycles. The van der Waals surface area contributed by atoms with E-state index in [4.69, 9.17) is 9.47 Å². The van der Waals surface area contributed by atoms with Gasteiger partial charge in [-0.1, -0.05) is 30.3 Å². The van der Waals surface area contributed by atoms with Gasteiger partial charge in [-0.2, -0.15) is 18.4 Å². The van der Waals surface area contributed by atoms with Crippen LogP contribution in [0.1, 0.15) is 48.4 Å². The lowest BCUT2D eigenvalue weighted by Crippen LogP contribution is -2.59. The first-order chi connectivity index (χ1) is 17.0. The number of piperidine rings is 1. The third-order valence-corrected chi connectivity index (χ3v) is 7.69. The van der Waals surface area contributed by atoms with Crippen LogP contribution in [0.15, 0.2) is 35.7 Å². The van der Waals surface area contributed by atoms with Gasteiger partial charge in [0.15, 0.2) is 0 Å². The Balaban J connectivity index is 1.95. The summed E-state index contributed by atoms with van der Waals surface area (Å²) in [7, 11) is 0.865. The number of nitriles is 1. The molecule has 1 saturated heterocycles. The van der Waals surface area contributed by atoms with E-state index in [0.29, 0.717) is 5.01 Å². The highest BCUT2D eigenvalue weighted by Gasteiger charge is 2.64. The Morgan fingerprint density at radius 3 is 2.36 bits per heavy atom. The van der Waals surface area contributed by atoms with E-state index >= 15 is 0 Å². The van der Waals surface area contributed by atoms with Crippen LogP contribution in [0.4, 0.5) is 13.2 Å². The van der Waals surface area contributed by atoms with Gasteiger partial charge in [-0.25, -0.2) is 4.98 Å². The van der Waals surface area contributed by atoms with E-state index in [1.807, 2.05) is 0 Å². The number of methoxy groups -OCH3 is 1. The fourth-order valence-electron chi connectivity index (χ4n) is 4.81.